The third-order valence-corrected chi connectivity index (χ3v) is 5.90. The van der Waals surface area contributed by atoms with Crippen LogP contribution in [0.25, 0.3) is 0 Å². The van der Waals surface area contributed by atoms with Crippen LogP contribution in [0.2, 0.25) is 0 Å². The van der Waals surface area contributed by atoms with E-state index >= 15 is 0 Å². The summed E-state index contributed by atoms with van der Waals surface area (Å²) in [4.78, 5) is 4.14. The van der Waals surface area contributed by atoms with E-state index in [-0.39, 0.29) is 18.4 Å². The predicted molar refractivity (Wildman–Crippen MR) is 119 cm³/mol. The van der Waals surface area contributed by atoms with E-state index in [1.165, 1.54) is 0 Å². The summed E-state index contributed by atoms with van der Waals surface area (Å²) in [7, 11) is -0.0901. The van der Waals surface area contributed by atoms with E-state index in [2.05, 4.69) is 20.3 Å². The average molecular weight is 443 g/mol. The van der Waals surface area contributed by atoms with Crippen LogP contribution in [0.5, 0.6) is 5.75 Å². The number of methoxy groups -OCH3 is 1. The van der Waals surface area contributed by atoms with Crippen LogP contribution >= 0.6 is 0 Å². The van der Waals surface area contributed by atoms with E-state index in [4.69, 9.17) is 14.2 Å². The molecule has 3 N–H and O–H groups in total. The van der Waals surface area contributed by atoms with Crippen LogP contribution in [0, 0.1) is 0 Å². The largest absolute Gasteiger partial charge is 0.493 e. The highest BCUT2D eigenvalue weighted by Gasteiger charge is 2.17. The summed E-state index contributed by atoms with van der Waals surface area (Å²) >= 11 is 0. The molecule has 170 valence electrons. The first-order valence-corrected chi connectivity index (χ1v) is 12.0. The van der Waals surface area contributed by atoms with Gasteiger partial charge in [0.15, 0.2) is 5.96 Å². The molecular formula is C20H34N4O5S. The monoisotopic (exact) mass is 442 g/mol. The zero-order valence-electron chi connectivity index (χ0n) is 17.9. The lowest BCUT2D eigenvalue weighted by molar-refractivity contribution is 0.0200. The highest BCUT2D eigenvalue weighted by Crippen LogP contribution is 2.17. The number of guanidine groups is 1. The van der Waals surface area contributed by atoms with E-state index < -0.39 is 10.0 Å². The molecule has 1 unspecified atom stereocenters. The fraction of sp³-hybridized carbons (Fsp3) is 0.650. The number of anilines is 1. The number of ether oxygens (including phenoxy) is 3. The molecule has 0 radical (unpaired) electrons. The molecule has 9 nitrogen and oxygen atoms in total. The molecule has 1 fully saturated rings. The van der Waals surface area contributed by atoms with Crippen molar-refractivity contribution in [1.82, 2.24) is 10.0 Å². The second-order valence-electron chi connectivity index (χ2n) is 7.00. The summed E-state index contributed by atoms with van der Waals surface area (Å²) < 4.78 is 43.3. The lowest BCUT2D eigenvalue weighted by atomic mass is 10.1. The number of rotatable bonds is 12. The number of aliphatic imine (C=N–C) groups is 1. The van der Waals surface area contributed by atoms with Gasteiger partial charge in [-0.25, -0.2) is 13.1 Å². The van der Waals surface area contributed by atoms with Gasteiger partial charge in [0.2, 0.25) is 10.0 Å². The molecule has 0 spiro atoms. The standard InChI is InChI=1S/C20H34N4O5S/c1-21-20(24-17-7-5-9-18(15-17)28-13-6-11-27-2)22-10-14-30(25,26)23-16-19-8-3-4-12-29-19/h5,7,9,15,19,23H,3-4,6,8,10-14,16H2,1-2H3,(H2,21,22,24). The van der Waals surface area contributed by atoms with Gasteiger partial charge < -0.3 is 24.8 Å². The molecular weight excluding hydrogens is 408 g/mol. The maximum atomic E-state index is 12.2. The third kappa shape index (κ3) is 9.75. The molecule has 1 heterocycles. The number of hydrogen-bond acceptors (Lipinski definition) is 6. The minimum atomic E-state index is -3.39. The number of hydrogen-bond donors (Lipinski definition) is 3. The summed E-state index contributed by atoms with van der Waals surface area (Å²) in [6.45, 7) is 2.48. The molecule has 2 rings (SSSR count). The van der Waals surface area contributed by atoms with Crippen molar-refractivity contribution < 1.29 is 22.6 Å². The van der Waals surface area contributed by atoms with E-state index in [0.29, 0.717) is 32.3 Å². The van der Waals surface area contributed by atoms with Crippen LogP contribution in [-0.2, 0) is 19.5 Å². The molecule has 0 amide bonds. The minimum Gasteiger partial charge on any atom is -0.493 e. The number of benzene rings is 1. The predicted octanol–water partition coefficient (Wildman–Crippen LogP) is 1.58. The first kappa shape index (κ1) is 24.4. The van der Waals surface area contributed by atoms with Crippen LogP contribution < -0.4 is 20.1 Å². The molecule has 1 aliphatic rings. The van der Waals surface area contributed by atoms with Crippen molar-refractivity contribution in [2.75, 3.05) is 58.1 Å². The smallest absolute Gasteiger partial charge is 0.213 e. The summed E-state index contributed by atoms with van der Waals surface area (Å²) in [5.41, 5.74) is 0.794. The Balaban J connectivity index is 1.73. The van der Waals surface area contributed by atoms with Gasteiger partial charge in [-0.15, -0.1) is 0 Å². The Labute approximate surface area is 179 Å². The zero-order chi connectivity index (χ0) is 21.7. The van der Waals surface area contributed by atoms with E-state index in [1.807, 2.05) is 24.3 Å². The fourth-order valence-corrected chi connectivity index (χ4v) is 3.89. The first-order valence-electron chi connectivity index (χ1n) is 10.3. The van der Waals surface area contributed by atoms with Crippen LogP contribution in [0.1, 0.15) is 25.7 Å². The second kappa shape index (κ2) is 13.4. The van der Waals surface area contributed by atoms with Crippen molar-refractivity contribution in [3.63, 3.8) is 0 Å². The Hall–Kier alpha value is -1.88. The topological polar surface area (TPSA) is 110 Å². The van der Waals surface area contributed by atoms with Crippen LogP contribution in [0.4, 0.5) is 5.69 Å². The lowest BCUT2D eigenvalue weighted by Crippen LogP contribution is -2.40. The van der Waals surface area contributed by atoms with Gasteiger partial charge in [-0.05, 0) is 31.4 Å². The van der Waals surface area contributed by atoms with Crippen molar-refractivity contribution in [3.8, 4) is 5.75 Å². The van der Waals surface area contributed by atoms with Crippen LogP contribution in [0.3, 0.4) is 0 Å². The normalized spacial score (nSPS) is 17.5. The van der Waals surface area contributed by atoms with Crippen LogP contribution in [-0.4, -0.2) is 73.3 Å². The van der Waals surface area contributed by atoms with Gasteiger partial charge in [0.25, 0.3) is 0 Å². The second-order valence-corrected chi connectivity index (χ2v) is 8.93. The Morgan fingerprint density at radius 3 is 2.90 bits per heavy atom. The molecule has 1 aromatic rings. The van der Waals surface area contributed by atoms with Gasteiger partial charge in [0, 0.05) is 58.6 Å². The Morgan fingerprint density at radius 2 is 2.17 bits per heavy atom. The van der Waals surface area contributed by atoms with E-state index in [9.17, 15) is 8.42 Å². The summed E-state index contributed by atoms with van der Waals surface area (Å²) in [5, 5.41) is 6.16. The molecule has 0 aliphatic carbocycles. The van der Waals surface area contributed by atoms with Gasteiger partial charge in [0.05, 0.1) is 18.5 Å². The number of sulfonamides is 1. The molecule has 0 saturated carbocycles. The third-order valence-electron chi connectivity index (χ3n) is 4.55. The molecule has 1 aromatic carbocycles. The molecule has 1 atom stereocenters. The van der Waals surface area contributed by atoms with Gasteiger partial charge in [-0.3, -0.25) is 4.99 Å². The quantitative estimate of drug-likeness (QED) is 0.256. The van der Waals surface area contributed by atoms with Gasteiger partial charge in [0.1, 0.15) is 5.75 Å². The molecule has 1 aliphatic heterocycles. The SMILES string of the molecule is CN=C(NCCS(=O)(=O)NCC1CCCCO1)Nc1cccc(OCCCOC)c1. The summed E-state index contributed by atoms with van der Waals surface area (Å²) in [6, 6.07) is 7.50. The minimum absolute atomic E-state index is 0.0279. The van der Waals surface area contributed by atoms with Gasteiger partial charge in [-0.1, -0.05) is 6.07 Å². The summed E-state index contributed by atoms with van der Waals surface area (Å²) in [5.74, 6) is 1.17. The van der Waals surface area contributed by atoms with Crippen molar-refractivity contribution >= 4 is 21.7 Å². The zero-order valence-corrected chi connectivity index (χ0v) is 18.7. The maximum Gasteiger partial charge on any atom is 0.213 e. The van der Waals surface area contributed by atoms with E-state index in [1.54, 1.807) is 14.2 Å². The molecule has 30 heavy (non-hydrogen) atoms. The number of nitrogens with zero attached hydrogens (tertiary/aromatic N) is 1. The molecule has 0 aromatic heterocycles. The van der Waals surface area contributed by atoms with Gasteiger partial charge >= 0.3 is 0 Å². The Morgan fingerprint density at radius 1 is 1.30 bits per heavy atom. The van der Waals surface area contributed by atoms with Crippen molar-refractivity contribution in [3.05, 3.63) is 24.3 Å². The highest BCUT2D eigenvalue weighted by atomic mass is 32.2. The Kier molecular flexibility index (Phi) is 10.9. The lowest BCUT2D eigenvalue weighted by Gasteiger charge is -2.22. The average Bonchev–Trinajstić information content (AvgIpc) is 2.76. The molecule has 1 saturated heterocycles. The first-order chi connectivity index (χ1) is 14.5. The van der Waals surface area contributed by atoms with Crippen molar-refractivity contribution in [2.45, 2.75) is 31.8 Å². The highest BCUT2D eigenvalue weighted by molar-refractivity contribution is 7.89. The Bertz CT molecular complexity index is 751. The maximum absolute atomic E-state index is 12.2. The van der Waals surface area contributed by atoms with Crippen molar-refractivity contribution in [2.24, 2.45) is 4.99 Å². The van der Waals surface area contributed by atoms with Crippen LogP contribution in [0.15, 0.2) is 29.3 Å². The summed E-state index contributed by atoms with van der Waals surface area (Å²) in [6.07, 6.45) is 3.80. The number of nitrogens with one attached hydrogen (secondary N) is 3. The molecule has 10 heteroatoms. The fourth-order valence-electron chi connectivity index (χ4n) is 2.94. The van der Waals surface area contributed by atoms with E-state index in [0.717, 1.165) is 37.1 Å². The molecule has 0 bridgehead atoms. The van der Waals surface area contributed by atoms with Gasteiger partial charge in [-0.2, -0.15) is 0 Å². The van der Waals surface area contributed by atoms with Crippen molar-refractivity contribution in [1.29, 1.82) is 0 Å².